The average molecular weight is 395 g/mol. The van der Waals surface area contributed by atoms with Crippen molar-refractivity contribution in [3.63, 3.8) is 0 Å². The Kier molecular flexibility index (Phi) is 5.33. The second-order valence-corrected chi connectivity index (χ2v) is 6.67. The standard InChI is InChI=1S/C21H19F2N5O/c22-17-7-6-15(14-18(17)23)24-20-9-8-19(25-26-20)21(29)28-12-10-27(11-13-28)16-4-2-1-3-5-16/h1-9,14H,10-13H2,(H,24,26). The van der Waals surface area contributed by atoms with Crippen LogP contribution in [-0.2, 0) is 0 Å². The van der Waals surface area contributed by atoms with Gasteiger partial charge in [0.15, 0.2) is 23.1 Å². The molecule has 2 heterocycles. The number of hydrogen-bond donors (Lipinski definition) is 1. The Labute approximate surface area is 166 Å². The molecule has 0 radical (unpaired) electrons. The van der Waals surface area contributed by atoms with Gasteiger partial charge in [-0.25, -0.2) is 8.78 Å². The summed E-state index contributed by atoms with van der Waals surface area (Å²) in [6.07, 6.45) is 0. The third-order valence-electron chi connectivity index (χ3n) is 4.76. The van der Waals surface area contributed by atoms with E-state index in [-0.39, 0.29) is 11.6 Å². The number of halogens is 2. The first-order valence-corrected chi connectivity index (χ1v) is 9.25. The molecule has 8 heteroatoms. The fourth-order valence-corrected chi connectivity index (χ4v) is 3.20. The highest BCUT2D eigenvalue weighted by atomic mass is 19.2. The van der Waals surface area contributed by atoms with E-state index in [1.807, 2.05) is 18.2 Å². The molecule has 0 unspecified atom stereocenters. The topological polar surface area (TPSA) is 61.4 Å². The van der Waals surface area contributed by atoms with Crippen molar-refractivity contribution < 1.29 is 13.6 Å². The van der Waals surface area contributed by atoms with Crippen LogP contribution in [0.5, 0.6) is 0 Å². The fourth-order valence-electron chi connectivity index (χ4n) is 3.20. The second kappa shape index (κ2) is 8.22. The lowest BCUT2D eigenvalue weighted by atomic mass is 10.2. The first-order valence-electron chi connectivity index (χ1n) is 9.25. The van der Waals surface area contributed by atoms with Crippen molar-refractivity contribution >= 4 is 23.1 Å². The molecule has 3 aromatic rings. The number of carbonyl (C=O) groups is 1. The summed E-state index contributed by atoms with van der Waals surface area (Å²) in [5.74, 6) is -1.72. The number of piperazine rings is 1. The second-order valence-electron chi connectivity index (χ2n) is 6.67. The summed E-state index contributed by atoms with van der Waals surface area (Å²) in [7, 11) is 0. The van der Waals surface area contributed by atoms with Gasteiger partial charge < -0.3 is 15.1 Å². The molecule has 1 saturated heterocycles. The minimum atomic E-state index is -0.954. The molecule has 1 aromatic heterocycles. The van der Waals surface area contributed by atoms with E-state index in [1.165, 1.54) is 6.07 Å². The van der Waals surface area contributed by atoms with Gasteiger partial charge in [0.25, 0.3) is 5.91 Å². The highest BCUT2D eigenvalue weighted by Crippen LogP contribution is 2.19. The molecule has 0 saturated carbocycles. The number of carbonyl (C=O) groups excluding carboxylic acids is 1. The van der Waals surface area contributed by atoms with E-state index in [1.54, 1.807) is 17.0 Å². The summed E-state index contributed by atoms with van der Waals surface area (Å²) in [4.78, 5) is 16.7. The van der Waals surface area contributed by atoms with E-state index in [0.717, 1.165) is 30.9 Å². The number of aromatic nitrogens is 2. The Morgan fingerprint density at radius 2 is 1.62 bits per heavy atom. The molecule has 2 aromatic carbocycles. The summed E-state index contributed by atoms with van der Waals surface area (Å²) >= 11 is 0. The molecule has 1 aliphatic rings. The van der Waals surface area contributed by atoms with Crippen LogP contribution in [0.15, 0.2) is 60.7 Å². The zero-order valence-electron chi connectivity index (χ0n) is 15.6. The number of para-hydroxylation sites is 1. The highest BCUT2D eigenvalue weighted by molar-refractivity contribution is 5.92. The van der Waals surface area contributed by atoms with Crippen LogP contribution < -0.4 is 10.2 Å². The summed E-state index contributed by atoms with van der Waals surface area (Å²) in [5.41, 5.74) is 1.73. The molecule has 0 bridgehead atoms. The van der Waals surface area contributed by atoms with Gasteiger partial charge in [0.2, 0.25) is 0 Å². The number of amides is 1. The molecule has 1 N–H and O–H groups in total. The lowest BCUT2D eigenvalue weighted by Crippen LogP contribution is -2.49. The Morgan fingerprint density at radius 3 is 2.28 bits per heavy atom. The number of benzene rings is 2. The molecular formula is C21H19F2N5O. The van der Waals surface area contributed by atoms with Crippen LogP contribution in [0.4, 0.5) is 26.0 Å². The fraction of sp³-hybridized carbons (Fsp3) is 0.190. The van der Waals surface area contributed by atoms with Gasteiger partial charge in [0, 0.05) is 43.6 Å². The maximum atomic E-state index is 13.3. The average Bonchev–Trinajstić information content (AvgIpc) is 2.77. The molecule has 0 aliphatic carbocycles. The monoisotopic (exact) mass is 395 g/mol. The van der Waals surface area contributed by atoms with Gasteiger partial charge in [-0.3, -0.25) is 4.79 Å². The van der Waals surface area contributed by atoms with Crippen molar-refractivity contribution in [1.82, 2.24) is 15.1 Å². The van der Waals surface area contributed by atoms with E-state index in [4.69, 9.17) is 0 Å². The van der Waals surface area contributed by atoms with Crippen LogP contribution in [0.25, 0.3) is 0 Å². The minimum Gasteiger partial charge on any atom is -0.368 e. The SMILES string of the molecule is O=C(c1ccc(Nc2ccc(F)c(F)c2)nn1)N1CCN(c2ccccc2)CC1. The van der Waals surface area contributed by atoms with Crippen molar-refractivity contribution in [3.8, 4) is 0 Å². The predicted octanol–water partition coefficient (Wildman–Crippen LogP) is 3.46. The van der Waals surface area contributed by atoms with Crippen LogP contribution >= 0.6 is 0 Å². The largest absolute Gasteiger partial charge is 0.368 e. The van der Waals surface area contributed by atoms with Crippen molar-refractivity contribution in [2.24, 2.45) is 0 Å². The molecule has 1 fully saturated rings. The Balaban J connectivity index is 1.36. The van der Waals surface area contributed by atoms with Gasteiger partial charge in [0.1, 0.15) is 0 Å². The zero-order chi connectivity index (χ0) is 20.2. The molecule has 29 heavy (non-hydrogen) atoms. The number of anilines is 3. The molecule has 4 rings (SSSR count). The van der Waals surface area contributed by atoms with E-state index >= 15 is 0 Å². The lowest BCUT2D eigenvalue weighted by molar-refractivity contribution is 0.0739. The highest BCUT2D eigenvalue weighted by Gasteiger charge is 2.23. The van der Waals surface area contributed by atoms with Crippen molar-refractivity contribution in [2.45, 2.75) is 0 Å². The van der Waals surface area contributed by atoms with Gasteiger partial charge in [-0.2, -0.15) is 0 Å². The predicted molar refractivity (Wildman–Crippen MR) is 106 cm³/mol. The van der Waals surface area contributed by atoms with Crippen molar-refractivity contribution in [2.75, 3.05) is 36.4 Å². The molecule has 0 spiro atoms. The molecule has 6 nitrogen and oxygen atoms in total. The first kappa shape index (κ1) is 18.8. The van der Waals surface area contributed by atoms with Gasteiger partial charge in [-0.05, 0) is 36.4 Å². The summed E-state index contributed by atoms with van der Waals surface area (Å²) in [6, 6.07) is 16.7. The molecule has 1 amide bonds. The summed E-state index contributed by atoms with van der Waals surface area (Å²) < 4.78 is 26.3. The maximum absolute atomic E-state index is 13.3. The third-order valence-corrected chi connectivity index (χ3v) is 4.76. The number of nitrogens with zero attached hydrogens (tertiary/aromatic N) is 4. The zero-order valence-corrected chi connectivity index (χ0v) is 15.6. The van der Waals surface area contributed by atoms with E-state index in [0.29, 0.717) is 24.6 Å². The van der Waals surface area contributed by atoms with Crippen LogP contribution in [0.1, 0.15) is 10.5 Å². The normalized spacial score (nSPS) is 14.0. The smallest absolute Gasteiger partial charge is 0.274 e. The van der Waals surface area contributed by atoms with Crippen LogP contribution in [0.2, 0.25) is 0 Å². The van der Waals surface area contributed by atoms with Gasteiger partial charge in [-0.15, -0.1) is 10.2 Å². The Hall–Kier alpha value is -3.55. The number of rotatable bonds is 4. The molecule has 1 aliphatic heterocycles. The van der Waals surface area contributed by atoms with Crippen LogP contribution in [0.3, 0.4) is 0 Å². The van der Waals surface area contributed by atoms with E-state index < -0.39 is 11.6 Å². The summed E-state index contributed by atoms with van der Waals surface area (Å²) in [6.45, 7) is 2.70. The number of hydrogen-bond acceptors (Lipinski definition) is 5. The number of nitrogens with one attached hydrogen (secondary N) is 1. The minimum absolute atomic E-state index is 0.176. The third kappa shape index (κ3) is 4.31. The van der Waals surface area contributed by atoms with Crippen LogP contribution in [-0.4, -0.2) is 47.2 Å². The van der Waals surface area contributed by atoms with Crippen LogP contribution in [0, 0.1) is 11.6 Å². The van der Waals surface area contributed by atoms with Crippen molar-refractivity contribution in [1.29, 1.82) is 0 Å². The quantitative estimate of drug-likeness (QED) is 0.733. The first-order chi connectivity index (χ1) is 14.1. The van der Waals surface area contributed by atoms with E-state index in [9.17, 15) is 13.6 Å². The Morgan fingerprint density at radius 1 is 0.862 bits per heavy atom. The summed E-state index contributed by atoms with van der Waals surface area (Å²) in [5, 5.41) is 10.8. The van der Waals surface area contributed by atoms with Gasteiger partial charge in [0.05, 0.1) is 0 Å². The lowest BCUT2D eigenvalue weighted by Gasteiger charge is -2.35. The van der Waals surface area contributed by atoms with Crippen molar-refractivity contribution in [3.05, 3.63) is 78.0 Å². The Bertz CT molecular complexity index is 990. The maximum Gasteiger partial charge on any atom is 0.274 e. The molecular weight excluding hydrogens is 376 g/mol. The van der Waals surface area contributed by atoms with Gasteiger partial charge in [-0.1, -0.05) is 18.2 Å². The van der Waals surface area contributed by atoms with Gasteiger partial charge >= 0.3 is 0 Å². The molecule has 0 atom stereocenters. The van der Waals surface area contributed by atoms with E-state index in [2.05, 4.69) is 32.5 Å². The molecule has 148 valence electrons.